The zero-order chi connectivity index (χ0) is 13.3. The fraction of sp³-hybridized carbons (Fsp3) is 0.375. The second kappa shape index (κ2) is 5.81. The molecule has 0 aliphatic carbocycles. The van der Waals surface area contributed by atoms with Crippen LogP contribution in [-0.2, 0) is 0 Å². The van der Waals surface area contributed by atoms with Gasteiger partial charge in [-0.1, -0.05) is 51.1 Å². The molecule has 2 rings (SSSR count). The van der Waals surface area contributed by atoms with Crippen molar-refractivity contribution in [3.63, 3.8) is 0 Å². The Morgan fingerprint density at radius 1 is 1.00 bits per heavy atom. The van der Waals surface area contributed by atoms with Gasteiger partial charge < -0.3 is 10.5 Å². The van der Waals surface area contributed by atoms with Crippen molar-refractivity contribution in [1.82, 2.24) is 0 Å². The summed E-state index contributed by atoms with van der Waals surface area (Å²) in [5.74, 6) is 0.899. The Morgan fingerprint density at radius 2 is 1.58 bits per heavy atom. The Balaban J connectivity index is 0.00000180. The van der Waals surface area contributed by atoms with Crippen molar-refractivity contribution >= 4 is 23.2 Å². The summed E-state index contributed by atoms with van der Waals surface area (Å²) in [5.41, 5.74) is 7.61. The van der Waals surface area contributed by atoms with Gasteiger partial charge in [0, 0.05) is 11.4 Å². The molecule has 0 unspecified atom stereocenters. The third kappa shape index (κ3) is 3.02. The van der Waals surface area contributed by atoms with Gasteiger partial charge in [-0.25, -0.2) is 0 Å². The summed E-state index contributed by atoms with van der Waals surface area (Å²) >= 11 is 0. The number of rotatable bonds is 2. The lowest BCUT2D eigenvalue weighted by Crippen LogP contribution is -2.26. The van der Waals surface area contributed by atoms with Gasteiger partial charge in [0.15, 0.2) is 0 Å². The Hall–Kier alpha value is -1.25. The van der Waals surface area contributed by atoms with Crippen LogP contribution in [0.1, 0.15) is 32.4 Å². The van der Waals surface area contributed by atoms with Crippen LogP contribution in [-0.4, -0.2) is 7.11 Å². The maximum Gasteiger partial charge on any atom is 0.126 e. The molecule has 0 spiro atoms. The predicted octanol–water partition coefficient (Wildman–Crippen LogP) is 4.32. The van der Waals surface area contributed by atoms with Crippen LogP contribution in [0.3, 0.4) is 0 Å². The molecule has 2 N–H and O–H groups in total. The summed E-state index contributed by atoms with van der Waals surface area (Å²) in [7, 11) is 1.70. The van der Waals surface area contributed by atoms with E-state index in [4.69, 9.17) is 10.5 Å². The molecule has 1 atom stereocenters. The molecule has 0 saturated heterocycles. The van der Waals surface area contributed by atoms with Crippen LogP contribution in [0.4, 0.5) is 0 Å². The molecule has 0 radical (unpaired) electrons. The lowest BCUT2D eigenvalue weighted by molar-refractivity contribution is 0.328. The predicted molar refractivity (Wildman–Crippen MR) is 84.1 cm³/mol. The number of ether oxygens (including phenoxy) is 1. The first-order valence-corrected chi connectivity index (χ1v) is 6.26. The molecule has 0 fully saturated rings. The fourth-order valence-electron chi connectivity index (χ4n) is 2.21. The Kier molecular flexibility index (Phi) is 4.83. The van der Waals surface area contributed by atoms with Crippen LogP contribution in [0.5, 0.6) is 5.75 Å². The maximum absolute atomic E-state index is 6.39. The molecule has 2 nitrogen and oxygen atoms in total. The summed E-state index contributed by atoms with van der Waals surface area (Å²) in [6, 6.07) is 12.3. The van der Waals surface area contributed by atoms with Gasteiger partial charge in [0.1, 0.15) is 5.75 Å². The van der Waals surface area contributed by atoms with Crippen molar-refractivity contribution in [3.05, 3.63) is 42.0 Å². The van der Waals surface area contributed by atoms with E-state index in [1.54, 1.807) is 7.11 Å². The average Bonchev–Trinajstić information content (AvgIpc) is 2.35. The Bertz CT molecular complexity index is 560. The molecule has 0 saturated carbocycles. The largest absolute Gasteiger partial charge is 0.496 e. The maximum atomic E-state index is 6.39. The molecule has 0 heterocycles. The molecule has 0 bridgehead atoms. The van der Waals surface area contributed by atoms with Crippen LogP contribution < -0.4 is 10.5 Å². The zero-order valence-electron chi connectivity index (χ0n) is 11.9. The molecule has 104 valence electrons. The number of nitrogens with two attached hydrogens (primary N) is 1. The van der Waals surface area contributed by atoms with Crippen LogP contribution in [0.2, 0.25) is 0 Å². The number of fused-ring (bicyclic) bond motifs is 1. The van der Waals surface area contributed by atoms with E-state index in [1.165, 1.54) is 10.9 Å². The van der Waals surface area contributed by atoms with Gasteiger partial charge in [-0.05, 0) is 22.4 Å². The zero-order valence-corrected chi connectivity index (χ0v) is 12.8. The monoisotopic (exact) mass is 279 g/mol. The van der Waals surface area contributed by atoms with Gasteiger partial charge in [0.25, 0.3) is 0 Å². The van der Waals surface area contributed by atoms with E-state index in [-0.39, 0.29) is 23.9 Å². The number of benzene rings is 2. The topological polar surface area (TPSA) is 35.2 Å². The van der Waals surface area contributed by atoms with Crippen LogP contribution in [0.15, 0.2) is 36.4 Å². The quantitative estimate of drug-likeness (QED) is 0.889. The van der Waals surface area contributed by atoms with Crippen molar-refractivity contribution in [1.29, 1.82) is 0 Å². The minimum absolute atomic E-state index is 0. The highest BCUT2D eigenvalue weighted by Gasteiger charge is 2.24. The van der Waals surface area contributed by atoms with Crippen LogP contribution in [0.25, 0.3) is 10.8 Å². The summed E-state index contributed by atoms with van der Waals surface area (Å²) in [6.45, 7) is 6.49. The minimum Gasteiger partial charge on any atom is -0.496 e. The number of halogens is 1. The van der Waals surface area contributed by atoms with Crippen molar-refractivity contribution < 1.29 is 4.74 Å². The highest BCUT2D eigenvalue weighted by atomic mass is 35.5. The van der Waals surface area contributed by atoms with E-state index in [1.807, 2.05) is 18.2 Å². The summed E-state index contributed by atoms with van der Waals surface area (Å²) in [4.78, 5) is 0. The van der Waals surface area contributed by atoms with Crippen LogP contribution in [0, 0.1) is 5.41 Å². The van der Waals surface area contributed by atoms with E-state index < -0.39 is 0 Å². The third-order valence-electron chi connectivity index (χ3n) is 3.41. The van der Waals surface area contributed by atoms with Crippen LogP contribution >= 0.6 is 12.4 Å². The SMILES string of the molecule is COc1ccc([C@H](N)C(C)(C)C)c2ccccc12.Cl. The normalized spacial score (nSPS) is 12.9. The van der Waals surface area contributed by atoms with Gasteiger partial charge in [-0.2, -0.15) is 0 Å². The highest BCUT2D eigenvalue weighted by molar-refractivity contribution is 5.91. The molecular weight excluding hydrogens is 258 g/mol. The van der Waals surface area contributed by atoms with Gasteiger partial charge in [-0.3, -0.25) is 0 Å². The van der Waals surface area contributed by atoms with E-state index in [9.17, 15) is 0 Å². The molecule has 3 heteroatoms. The average molecular weight is 280 g/mol. The Morgan fingerprint density at radius 3 is 2.11 bits per heavy atom. The minimum atomic E-state index is 0. The van der Waals surface area contributed by atoms with Gasteiger partial charge in [-0.15, -0.1) is 12.4 Å². The standard InChI is InChI=1S/C16H21NO.ClH/c1-16(2,3)15(17)13-9-10-14(18-4)12-8-6-5-7-11(12)13;/h5-10,15H,17H2,1-4H3;1H/t15-;/m0./s1. The lowest BCUT2D eigenvalue weighted by Gasteiger charge is -2.28. The third-order valence-corrected chi connectivity index (χ3v) is 3.41. The van der Waals surface area contributed by atoms with E-state index >= 15 is 0 Å². The first kappa shape index (κ1) is 15.8. The highest BCUT2D eigenvalue weighted by Crippen LogP contribution is 2.37. The van der Waals surface area contributed by atoms with Crippen molar-refractivity contribution in [2.75, 3.05) is 7.11 Å². The lowest BCUT2D eigenvalue weighted by atomic mass is 9.81. The number of hydrogen-bond acceptors (Lipinski definition) is 2. The van der Waals surface area contributed by atoms with Crippen molar-refractivity contribution in [3.8, 4) is 5.75 Å². The number of hydrogen-bond donors (Lipinski definition) is 1. The van der Waals surface area contributed by atoms with Crippen molar-refractivity contribution in [2.45, 2.75) is 26.8 Å². The first-order chi connectivity index (χ1) is 8.45. The van der Waals surface area contributed by atoms with Gasteiger partial charge >= 0.3 is 0 Å². The van der Waals surface area contributed by atoms with E-state index in [0.717, 1.165) is 11.1 Å². The first-order valence-electron chi connectivity index (χ1n) is 6.26. The fourth-order valence-corrected chi connectivity index (χ4v) is 2.21. The molecule has 0 aliphatic rings. The molecule has 0 aliphatic heterocycles. The summed E-state index contributed by atoms with van der Waals surface area (Å²) < 4.78 is 5.41. The molecular formula is C16H22ClNO. The van der Waals surface area contributed by atoms with Gasteiger partial charge in [0.05, 0.1) is 7.11 Å². The van der Waals surface area contributed by atoms with E-state index in [0.29, 0.717) is 0 Å². The second-order valence-electron chi connectivity index (χ2n) is 5.75. The second-order valence-corrected chi connectivity index (χ2v) is 5.75. The summed E-state index contributed by atoms with van der Waals surface area (Å²) in [6.07, 6.45) is 0. The molecule has 0 amide bonds. The smallest absolute Gasteiger partial charge is 0.126 e. The Labute approximate surface area is 121 Å². The molecule has 19 heavy (non-hydrogen) atoms. The summed E-state index contributed by atoms with van der Waals surface area (Å²) in [5, 5.41) is 2.30. The van der Waals surface area contributed by atoms with Gasteiger partial charge in [0.2, 0.25) is 0 Å². The van der Waals surface area contributed by atoms with E-state index in [2.05, 4.69) is 39.0 Å². The molecule has 2 aromatic carbocycles. The van der Waals surface area contributed by atoms with Crippen molar-refractivity contribution in [2.24, 2.45) is 11.1 Å². The molecule has 2 aromatic rings. The number of methoxy groups -OCH3 is 1. The molecule has 0 aromatic heterocycles.